The number of nitrogens with one attached hydrogen (secondary N) is 1. The molecule has 0 radical (unpaired) electrons. The molecule has 0 aliphatic rings. The summed E-state index contributed by atoms with van der Waals surface area (Å²) in [5.41, 5.74) is 1.04. The molecule has 3 aromatic carbocycles. The lowest BCUT2D eigenvalue weighted by Crippen LogP contribution is -2.45. The van der Waals surface area contributed by atoms with Crippen LogP contribution in [-0.4, -0.2) is 15.0 Å². The molecule has 1 N–H and O–H groups in total. The first-order chi connectivity index (χ1) is 16.0. The van der Waals surface area contributed by atoms with Gasteiger partial charge in [0.1, 0.15) is 11.9 Å². The van der Waals surface area contributed by atoms with Crippen LogP contribution in [0.1, 0.15) is 30.5 Å². The van der Waals surface area contributed by atoms with Crippen molar-refractivity contribution in [1.29, 1.82) is 0 Å². The van der Waals surface area contributed by atoms with Gasteiger partial charge in [-0.1, -0.05) is 61.5 Å². The van der Waals surface area contributed by atoms with E-state index >= 15 is 0 Å². The SMILES string of the molecule is CCC(C(=O)NCc1ccc(F)cc1)n1c(=O)n(Cc2ccccc2)c(=O)c2ccccc21. The zero-order valence-corrected chi connectivity index (χ0v) is 18.2. The number of fused-ring (bicyclic) bond motifs is 1. The summed E-state index contributed by atoms with van der Waals surface area (Å²) in [5.74, 6) is -0.700. The zero-order valence-electron chi connectivity index (χ0n) is 18.2. The van der Waals surface area contributed by atoms with Crippen molar-refractivity contribution in [3.63, 3.8) is 0 Å². The summed E-state index contributed by atoms with van der Waals surface area (Å²) in [5, 5.41) is 3.21. The maximum atomic E-state index is 13.5. The van der Waals surface area contributed by atoms with E-state index in [1.54, 1.807) is 36.4 Å². The quantitative estimate of drug-likeness (QED) is 0.472. The number of nitrogens with zero attached hydrogens (tertiary/aromatic N) is 2. The number of benzene rings is 3. The number of hydrogen-bond acceptors (Lipinski definition) is 3. The summed E-state index contributed by atoms with van der Waals surface area (Å²) in [6.45, 7) is 2.12. The second kappa shape index (κ2) is 9.65. The fourth-order valence-electron chi connectivity index (χ4n) is 3.93. The number of amides is 1. The molecule has 1 heterocycles. The molecule has 0 aliphatic carbocycles. The second-order valence-corrected chi connectivity index (χ2v) is 7.81. The van der Waals surface area contributed by atoms with E-state index in [1.165, 1.54) is 21.3 Å². The highest BCUT2D eigenvalue weighted by molar-refractivity contribution is 5.84. The van der Waals surface area contributed by atoms with Crippen LogP contribution in [0.4, 0.5) is 4.39 Å². The van der Waals surface area contributed by atoms with E-state index < -0.39 is 17.3 Å². The minimum Gasteiger partial charge on any atom is -0.350 e. The first-order valence-corrected chi connectivity index (χ1v) is 10.8. The van der Waals surface area contributed by atoms with Gasteiger partial charge in [-0.05, 0) is 41.8 Å². The lowest BCUT2D eigenvalue weighted by Gasteiger charge is -2.21. The van der Waals surface area contributed by atoms with E-state index in [-0.39, 0.29) is 24.8 Å². The van der Waals surface area contributed by atoms with Gasteiger partial charge in [0, 0.05) is 6.54 Å². The Morgan fingerprint density at radius 3 is 2.27 bits per heavy atom. The molecule has 0 spiro atoms. The molecule has 1 amide bonds. The summed E-state index contributed by atoms with van der Waals surface area (Å²) in [6.07, 6.45) is 0.350. The Hall–Kier alpha value is -4.00. The van der Waals surface area contributed by atoms with Crippen LogP contribution < -0.4 is 16.6 Å². The largest absolute Gasteiger partial charge is 0.350 e. The Morgan fingerprint density at radius 2 is 1.58 bits per heavy atom. The van der Waals surface area contributed by atoms with Crippen LogP contribution in [0.2, 0.25) is 0 Å². The highest BCUT2D eigenvalue weighted by Gasteiger charge is 2.24. The van der Waals surface area contributed by atoms with Crippen molar-refractivity contribution >= 4 is 16.8 Å². The van der Waals surface area contributed by atoms with Crippen LogP contribution in [0.3, 0.4) is 0 Å². The maximum absolute atomic E-state index is 13.5. The molecule has 0 saturated carbocycles. The van der Waals surface area contributed by atoms with Crippen molar-refractivity contribution < 1.29 is 9.18 Å². The minimum absolute atomic E-state index is 0.108. The van der Waals surface area contributed by atoms with Gasteiger partial charge in [-0.25, -0.2) is 9.18 Å². The maximum Gasteiger partial charge on any atom is 0.332 e. The fraction of sp³-hybridized carbons (Fsp3) is 0.192. The van der Waals surface area contributed by atoms with Crippen LogP contribution >= 0.6 is 0 Å². The van der Waals surface area contributed by atoms with E-state index in [9.17, 15) is 18.8 Å². The third kappa shape index (κ3) is 4.62. The summed E-state index contributed by atoms with van der Waals surface area (Å²) >= 11 is 0. The van der Waals surface area contributed by atoms with Crippen molar-refractivity contribution in [3.8, 4) is 0 Å². The normalized spacial score (nSPS) is 11.9. The van der Waals surface area contributed by atoms with Crippen LogP contribution in [0.15, 0.2) is 88.5 Å². The minimum atomic E-state index is -0.814. The second-order valence-electron chi connectivity index (χ2n) is 7.81. The van der Waals surface area contributed by atoms with Gasteiger partial charge in [0.2, 0.25) is 5.91 Å². The van der Waals surface area contributed by atoms with Crippen LogP contribution in [0, 0.1) is 5.82 Å². The van der Waals surface area contributed by atoms with E-state index in [0.717, 1.165) is 11.1 Å². The third-order valence-corrected chi connectivity index (χ3v) is 5.64. The van der Waals surface area contributed by atoms with Gasteiger partial charge in [0.15, 0.2) is 0 Å². The molecule has 1 unspecified atom stereocenters. The Balaban J connectivity index is 1.75. The standard InChI is InChI=1S/C26H24FN3O3/c1-2-22(24(31)28-16-18-12-14-20(27)15-13-18)30-23-11-7-6-10-21(23)25(32)29(26(30)33)17-19-8-4-3-5-9-19/h3-15,22H,2,16-17H2,1H3,(H,28,31). The molecular formula is C26H24FN3O3. The monoisotopic (exact) mass is 445 g/mol. The number of carbonyl (C=O) groups is 1. The van der Waals surface area contributed by atoms with Gasteiger partial charge in [-0.15, -0.1) is 0 Å². The lowest BCUT2D eigenvalue weighted by molar-refractivity contribution is -0.124. The number of hydrogen-bond donors (Lipinski definition) is 1. The zero-order chi connectivity index (χ0) is 23.4. The average Bonchev–Trinajstić information content (AvgIpc) is 2.84. The summed E-state index contributed by atoms with van der Waals surface area (Å²) in [4.78, 5) is 39.8. The summed E-state index contributed by atoms with van der Waals surface area (Å²) in [7, 11) is 0. The number of rotatable bonds is 7. The van der Waals surface area contributed by atoms with Gasteiger partial charge in [-0.2, -0.15) is 0 Å². The summed E-state index contributed by atoms with van der Waals surface area (Å²) in [6, 6.07) is 21.1. The van der Waals surface area contributed by atoms with E-state index in [0.29, 0.717) is 17.3 Å². The van der Waals surface area contributed by atoms with Crippen molar-refractivity contribution in [2.45, 2.75) is 32.5 Å². The molecule has 4 aromatic rings. The number of para-hydroxylation sites is 1. The predicted octanol–water partition coefficient (Wildman–Crippen LogP) is 3.62. The number of halogens is 1. The molecular weight excluding hydrogens is 421 g/mol. The lowest BCUT2D eigenvalue weighted by atomic mass is 10.1. The molecule has 7 heteroatoms. The Kier molecular flexibility index (Phi) is 6.49. The average molecular weight is 445 g/mol. The van der Waals surface area contributed by atoms with Crippen LogP contribution in [-0.2, 0) is 17.9 Å². The molecule has 168 valence electrons. The van der Waals surface area contributed by atoms with E-state index in [2.05, 4.69) is 5.32 Å². The molecule has 0 aliphatic heterocycles. The molecule has 1 aromatic heterocycles. The molecule has 1 atom stereocenters. The van der Waals surface area contributed by atoms with E-state index in [4.69, 9.17) is 0 Å². The van der Waals surface area contributed by atoms with Gasteiger partial charge >= 0.3 is 5.69 Å². The Morgan fingerprint density at radius 1 is 0.909 bits per heavy atom. The van der Waals surface area contributed by atoms with Gasteiger partial charge in [-0.3, -0.25) is 18.7 Å². The van der Waals surface area contributed by atoms with Crippen LogP contribution in [0.25, 0.3) is 10.9 Å². The third-order valence-electron chi connectivity index (χ3n) is 5.64. The fourth-order valence-corrected chi connectivity index (χ4v) is 3.93. The van der Waals surface area contributed by atoms with Crippen molar-refractivity contribution in [2.24, 2.45) is 0 Å². The molecule has 33 heavy (non-hydrogen) atoms. The van der Waals surface area contributed by atoms with E-state index in [1.807, 2.05) is 37.3 Å². The highest BCUT2D eigenvalue weighted by atomic mass is 19.1. The van der Waals surface area contributed by atoms with Gasteiger partial charge in [0.05, 0.1) is 17.4 Å². The summed E-state index contributed by atoms with van der Waals surface area (Å²) < 4.78 is 15.7. The van der Waals surface area contributed by atoms with Gasteiger partial charge in [0.25, 0.3) is 5.56 Å². The molecule has 0 saturated heterocycles. The highest BCUT2D eigenvalue weighted by Crippen LogP contribution is 2.17. The first-order valence-electron chi connectivity index (χ1n) is 10.8. The Labute approximate surface area is 189 Å². The molecule has 6 nitrogen and oxygen atoms in total. The van der Waals surface area contributed by atoms with Crippen molar-refractivity contribution in [2.75, 3.05) is 0 Å². The van der Waals surface area contributed by atoms with Gasteiger partial charge < -0.3 is 5.32 Å². The van der Waals surface area contributed by atoms with Crippen molar-refractivity contribution in [3.05, 3.63) is 117 Å². The molecule has 4 rings (SSSR count). The molecule has 0 fully saturated rings. The molecule has 0 bridgehead atoms. The number of carbonyl (C=O) groups excluding carboxylic acids is 1. The smallest absolute Gasteiger partial charge is 0.332 e. The topological polar surface area (TPSA) is 73.1 Å². The van der Waals surface area contributed by atoms with Crippen LogP contribution in [0.5, 0.6) is 0 Å². The Bertz CT molecular complexity index is 1390. The number of aromatic nitrogens is 2. The first kappa shape index (κ1) is 22.2. The predicted molar refractivity (Wildman–Crippen MR) is 126 cm³/mol. The van der Waals surface area contributed by atoms with Crippen molar-refractivity contribution in [1.82, 2.24) is 14.5 Å².